The van der Waals surface area contributed by atoms with E-state index >= 15 is 0 Å². The van der Waals surface area contributed by atoms with Crippen molar-refractivity contribution in [3.05, 3.63) is 0 Å². The molecule has 2 atom stereocenters. The maximum Gasteiger partial charge on any atom is 0.206 e. The molecule has 0 fully saturated rings. The Labute approximate surface area is 85.4 Å². The molecule has 78 valence electrons. The number of hydrazine groups is 2. The standard InChI is InChI=1S/C8H19N3OS/c1-5-6(2)7(8(12)13)11(9-3)10-4/h6-7,9-10H,5H2,1-4H3,(H,12,13)/t6-,7-/m0/s1. The van der Waals surface area contributed by atoms with Gasteiger partial charge in [0.05, 0.1) is 0 Å². The number of hydrogen-bond acceptors (Lipinski definition) is 4. The molecular weight excluding hydrogens is 186 g/mol. The van der Waals surface area contributed by atoms with Gasteiger partial charge in [0.15, 0.2) is 0 Å². The molecule has 0 amide bonds. The number of nitrogens with one attached hydrogen (secondary N) is 2. The van der Waals surface area contributed by atoms with Crippen LogP contribution in [0.5, 0.6) is 0 Å². The summed E-state index contributed by atoms with van der Waals surface area (Å²) < 4.78 is 0. The van der Waals surface area contributed by atoms with E-state index in [2.05, 4.69) is 30.4 Å². The highest BCUT2D eigenvalue weighted by Crippen LogP contribution is 2.13. The largest absolute Gasteiger partial charge is 0.286 e. The Morgan fingerprint density at radius 1 is 1.46 bits per heavy atom. The number of rotatable bonds is 6. The number of carbonyl (C=O) groups is 1. The van der Waals surface area contributed by atoms with Crippen molar-refractivity contribution in [3.8, 4) is 0 Å². The van der Waals surface area contributed by atoms with Crippen molar-refractivity contribution in [2.24, 2.45) is 5.92 Å². The summed E-state index contributed by atoms with van der Waals surface area (Å²) in [7, 11) is 3.53. The lowest BCUT2D eigenvalue weighted by molar-refractivity contribution is -0.120. The minimum absolute atomic E-state index is 0.127. The maximum atomic E-state index is 11.2. The lowest BCUT2D eigenvalue weighted by atomic mass is 10.0. The van der Waals surface area contributed by atoms with Crippen molar-refractivity contribution in [1.29, 1.82) is 0 Å². The molecule has 0 aliphatic carbocycles. The van der Waals surface area contributed by atoms with E-state index in [0.717, 1.165) is 6.42 Å². The van der Waals surface area contributed by atoms with Gasteiger partial charge in [0.1, 0.15) is 6.04 Å². The number of thiol groups is 1. The van der Waals surface area contributed by atoms with Crippen LogP contribution in [-0.2, 0) is 4.79 Å². The Balaban J connectivity index is 4.47. The first-order valence-corrected chi connectivity index (χ1v) is 4.90. The van der Waals surface area contributed by atoms with Crippen LogP contribution >= 0.6 is 12.6 Å². The summed E-state index contributed by atoms with van der Waals surface area (Å²) in [5, 5.41) is 1.54. The van der Waals surface area contributed by atoms with Gasteiger partial charge in [-0.1, -0.05) is 20.3 Å². The average molecular weight is 205 g/mol. The van der Waals surface area contributed by atoms with Crippen LogP contribution in [0, 0.1) is 5.92 Å². The highest BCUT2D eigenvalue weighted by molar-refractivity contribution is 7.96. The molecule has 0 spiro atoms. The summed E-state index contributed by atoms with van der Waals surface area (Å²) in [5.41, 5.74) is 5.80. The molecule has 0 unspecified atom stereocenters. The normalized spacial score (nSPS) is 15.8. The predicted molar refractivity (Wildman–Crippen MR) is 57.2 cm³/mol. The van der Waals surface area contributed by atoms with E-state index < -0.39 is 0 Å². The summed E-state index contributed by atoms with van der Waals surface area (Å²) >= 11 is 3.87. The van der Waals surface area contributed by atoms with E-state index in [1.165, 1.54) is 0 Å². The van der Waals surface area contributed by atoms with Crippen LogP contribution in [0.4, 0.5) is 0 Å². The molecular formula is C8H19N3OS. The third kappa shape index (κ3) is 3.64. The fourth-order valence-electron chi connectivity index (χ4n) is 1.22. The van der Waals surface area contributed by atoms with E-state index in [4.69, 9.17) is 0 Å². The van der Waals surface area contributed by atoms with Gasteiger partial charge in [0.25, 0.3) is 0 Å². The fraction of sp³-hybridized carbons (Fsp3) is 0.875. The quantitative estimate of drug-likeness (QED) is 0.434. The van der Waals surface area contributed by atoms with Crippen molar-refractivity contribution in [1.82, 2.24) is 16.0 Å². The molecule has 0 aliphatic rings. The molecule has 5 heteroatoms. The number of nitrogens with zero attached hydrogens (tertiary/aromatic N) is 1. The topological polar surface area (TPSA) is 44.4 Å². The van der Waals surface area contributed by atoms with Crippen LogP contribution in [0.25, 0.3) is 0 Å². The average Bonchev–Trinajstić information content (AvgIpc) is 2.12. The summed E-state index contributed by atoms with van der Waals surface area (Å²) in [4.78, 5) is 11.2. The van der Waals surface area contributed by atoms with Gasteiger partial charge in [-0.2, -0.15) is 5.12 Å². The molecule has 0 heterocycles. The van der Waals surface area contributed by atoms with Crippen LogP contribution in [0.3, 0.4) is 0 Å². The summed E-state index contributed by atoms with van der Waals surface area (Å²) in [5.74, 6) is 0.268. The second kappa shape index (κ2) is 6.37. The first kappa shape index (κ1) is 12.9. The van der Waals surface area contributed by atoms with Gasteiger partial charge in [-0.3, -0.25) is 4.79 Å². The van der Waals surface area contributed by atoms with Crippen molar-refractivity contribution in [2.45, 2.75) is 26.3 Å². The van der Waals surface area contributed by atoms with Crippen molar-refractivity contribution in [2.75, 3.05) is 14.1 Å². The molecule has 2 N–H and O–H groups in total. The zero-order chi connectivity index (χ0) is 10.4. The zero-order valence-corrected chi connectivity index (χ0v) is 9.56. The first-order valence-electron chi connectivity index (χ1n) is 4.45. The van der Waals surface area contributed by atoms with Crippen LogP contribution in [0.1, 0.15) is 20.3 Å². The van der Waals surface area contributed by atoms with E-state index in [-0.39, 0.29) is 17.1 Å². The van der Waals surface area contributed by atoms with Gasteiger partial charge in [-0.05, 0) is 5.92 Å². The van der Waals surface area contributed by atoms with E-state index in [1.54, 1.807) is 19.2 Å². The minimum atomic E-state index is -0.233. The number of hydrogen-bond donors (Lipinski definition) is 3. The highest BCUT2D eigenvalue weighted by Gasteiger charge is 2.26. The molecule has 0 aromatic rings. The third-order valence-electron chi connectivity index (χ3n) is 2.20. The minimum Gasteiger partial charge on any atom is -0.286 e. The van der Waals surface area contributed by atoms with Gasteiger partial charge < -0.3 is 0 Å². The van der Waals surface area contributed by atoms with E-state index in [9.17, 15) is 4.79 Å². The van der Waals surface area contributed by atoms with Gasteiger partial charge in [-0.25, -0.2) is 10.9 Å². The van der Waals surface area contributed by atoms with Gasteiger partial charge in [0.2, 0.25) is 5.12 Å². The number of carbonyl (C=O) groups excluding carboxylic acids is 1. The molecule has 0 aliphatic heterocycles. The molecule has 0 bridgehead atoms. The van der Waals surface area contributed by atoms with Gasteiger partial charge in [-0.15, -0.1) is 12.6 Å². The predicted octanol–water partition coefficient (Wildman–Crippen LogP) is 0.428. The zero-order valence-electron chi connectivity index (χ0n) is 8.66. The van der Waals surface area contributed by atoms with Gasteiger partial charge in [0, 0.05) is 14.1 Å². The maximum absolute atomic E-state index is 11.2. The van der Waals surface area contributed by atoms with Crippen LogP contribution < -0.4 is 10.9 Å². The Bertz CT molecular complexity index is 161. The molecule has 13 heavy (non-hydrogen) atoms. The SMILES string of the molecule is CC[C@H](C)[C@@H](C(=O)S)N(NC)NC. The molecule has 4 nitrogen and oxygen atoms in total. The first-order chi connectivity index (χ1) is 6.08. The Kier molecular flexibility index (Phi) is 6.32. The van der Waals surface area contributed by atoms with Crippen molar-refractivity contribution >= 4 is 17.7 Å². The molecule has 0 saturated carbocycles. The van der Waals surface area contributed by atoms with E-state index in [0.29, 0.717) is 0 Å². The molecule has 0 aromatic carbocycles. The molecule has 0 aromatic heterocycles. The Morgan fingerprint density at radius 3 is 2.15 bits per heavy atom. The van der Waals surface area contributed by atoms with Crippen LogP contribution in [0.15, 0.2) is 0 Å². The summed E-state index contributed by atoms with van der Waals surface area (Å²) in [6, 6.07) is -0.233. The van der Waals surface area contributed by atoms with Crippen molar-refractivity contribution in [3.63, 3.8) is 0 Å². The summed E-state index contributed by atoms with van der Waals surface area (Å²) in [6.07, 6.45) is 0.941. The Morgan fingerprint density at radius 2 is 1.92 bits per heavy atom. The Hall–Kier alpha value is -0.100. The molecule has 0 radical (unpaired) electrons. The third-order valence-corrected chi connectivity index (χ3v) is 2.46. The van der Waals surface area contributed by atoms with Crippen molar-refractivity contribution < 1.29 is 4.79 Å². The second-order valence-electron chi connectivity index (χ2n) is 2.99. The van der Waals surface area contributed by atoms with Crippen LogP contribution in [-0.4, -0.2) is 30.4 Å². The lowest BCUT2D eigenvalue weighted by Crippen LogP contribution is -2.55. The van der Waals surface area contributed by atoms with Gasteiger partial charge >= 0.3 is 0 Å². The summed E-state index contributed by atoms with van der Waals surface area (Å²) in [6.45, 7) is 4.08. The smallest absolute Gasteiger partial charge is 0.206 e. The monoisotopic (exact) mass is 205 g/mol. The second-order valence-corrected chi connectivity index (χ2v) is 3.43. The highest BCUT2D eigenvalue weighted by atomic mass is 32.1. The molecule has 0 saturated heterocycles. The lowest BCUT2D eigenvalue weighted by Gasteiger charge is -2.31. The van der Waals surface area contributed by atoms with E-state index in [1.807, 2.05) is 6.92 Å². The molecule has 0 rings (SSSR count). The fourth-order valence-corrected chi connectivity index (χ4v) is 1.59. The van der Waals surface area contributed by atoms with Crippen LogP contribution in [0.2, 0.25) is 0 Å².